The summed E-state index contributed by atoms with van der Waals surface area (Å²) in [5.74, 6) is 0. The molecule has 3 aliphatic carbocycles. The molecule has 92 valence electrons. The van der Waals surface area contributed by atoms with Crippen LogP contribution in [0.15, 0.2) is 28.7 Å². The van der Waals surface area contributed by atoms with Crippen LogP contribution in [0.2, 0.25) is 0 Å². The van der Waals surface area contributed by atoms with Crippen LogP contribution < -0.4 is 0 Å². The normalized spacial score (nSPS) is 36.1. The molecule has 0 aromatic heterocycles. The molecule has 1 aromatic carbocycles. The van der Waals surface area contributed by atoms with Gasteiger partial charge in [-0.2, -0.15) is 0 Å². The Morgan fingerprint density at radius 2 is 1.71 bits per heavy atom. The Labute approximate surface area is 111 Å². The molecule has 2 bridgehead atoms. The van der Waals surface area contributed by atoms with E-state index in [9.17, 15) is 5.11 Å². The van der Waals surface area contributed by atoms with Gasteiger partial charge >= 0.3 is 0 Å². The van der Waals surface area contributed by atoms with Crippen molar-refractivity contribution in [3.63, 3.8) is 0 Å². The molecule has 0 aliphatic heterocycles. The molecule has 0 amide bonds. The zero-order chi connectivity index (χ0) is 11.9. The number of rotatable bonds is 2. The molecule has 0 unspecified atom stereocenters. The number of aliphatic hydroxyl groups is 1. The van der Waals surface area contributed by atoms with E-state index in [1.54, 1.807) is 0 Å². The maximum atomic E-state index is 9.56. The van der Waals surface area contributed by atoms with E-state index in [0.29, 0.717) is 12.0 Å². The lowest BCUT2D eigenvalue weighted by Crippen LogP contribution is -2.45. The summed E-state index contributed by atoms with van der Waals surface area (Å²) in [5, 5.41) is 9.56. The van der Waals surface area contributed by atoms with Gasteiger partial charge in [0.25, 0.3) is 0 Å². The van der Waals surface area contributed by atoms with Gasteiger partial charge in [-0.3, -0.25) is 0 Å². The Morgan fingerprint density at radius 1 is 1.06 bits per heavy atom. The number of fused-ring (bicyclic) bond motifs is 3. The number of hydrogen-bond donors (Lipinski definition) is 1. The summed E-state index contributed by atoms with van der Waals surface area (Å²) in [6, 6.07) is 8.82. The standard InChI is InChI=1S/C15H19BrO/c16-13-3-1-2-12(10-13)15-7-4-14(11-17,5-8-15)6-9-15/h1-3,10,17H,4-9,11H2. The lowest BCUT2D eigenvalue weighted by Gasteiger charge is -2.53. The number of benzene rings is 1. The second-order valence-electron chi connectivity index (χ2n) is 5.95. The van der Waals surface area contributed by atoms with Crippen LogP contribution in [0.3, 0.4) is 0 Å². The monoisotopic (exact) mass is 294 g/mol. The fourth-order valence-electron chi connectivity index (χ4n) is 3.75. The van der Waals surface area contributed by atoms with Gasteiger partial charge in [0.05, 0.1) is 0 Å². The average Bonchev–Trinajstić information content (AvgIpc) is 2.41. The van der Waals surface area contributed by atoms with Gasteiger partial charge < -0.3 is 5.11 Å². The quantitative estimate of drug-likeness (QED) is 0.873. The van der Waals surface area contributed by atoms with Crippen molar-refractivity contribution in [3.05, 3.63) is 34.3 Å². The van der Waals surface area contributed by atoms with Crippen molar-refractivity contribution in [2.45, 2.75) is 43.9 Å². The summed E-state index contributed by atoms with van der Waals surface area (Å²) in [5.41, 5.74) is 2.17. The van der Waals surface area contributed by atoms with Crippen LogP contribution in [0.5, 0.6) is 0 Å². The topological polar surface area (TPSA) is 20.2 Å². The van der Waals surface area contributed by atoms with Crippen molar-refractivity contribution >= 4 is 15.9 Å². The largest absolute Gasteiger partial charge is 0.396 e. The van der Waals surface area contributed by atoms with Gasteiger partial charge in [0.1, 0.15) is 0 Å². The van der Waals surface area contributed by atoms with Crippen molar-refractivity contribution < 1.29 is 5.11 Å². The van der Waals surface area contributed by atoms with Gasteiger partial charge in [-0.1, -0.05) is 28.1 Å². The summed E-state index contributed by atoms with van der Waals surface area (Å²) in [6.07, 6.45) is 7.38. The molecule has 0 radical (unpaired) electrons. The average molecular weight is 295 g/mol. The first kappa shape index (κ1) is 11.7. The molecule has 17 heavy (non-hydrogen) atoms. The van der Waals surface area contributed by atoms with Crippen LogP contribution in [0.25, 0.3) is 0 Å². The van der Waals surface area contributed by atoms with Gasteiger partial charge in [0, 0.05) is 11.1 Å². The molecule has 1 N–H and O–H groups in total. The molecule has 0 atom stereocenters. The Hall–Kier alpha value is -0.340. The highest BCUT2D eigenvalue weighted by Crippen LogP contribution is 2.57. The molecule has 2 heteroatoms. The summed E-state index contributed by atoms with van der Waals surface area (Å²) >= 11 is 3.58. The predicted molar refractivity (Wildman–Crippen MR) is 73.0 cm³/mol. The number of aliphatic hydroxyl groups excluding tert-OH is 1. The van der Waals surface area contributed by atoms with Gasteiger partial charge in [-0.25, -0.2) is 0 Å². The highest BCUT2D eigenvalue weighted by Gasteiger charge is 2.48. The van der Waals surface area contributed by atoms with Crippen LogP contribution >= 0.6 is 15.9 Å². The summed E-state index contributed by atoms with van der Waals surface area (Å²) in [7, 11) is 0. The molecule has 3 fully saturated rings. The second-order valence-corrected chi connectivity index (χ2v) is 6.86. The minimum atomic E-state index is 0.272. The fraction of sp³-hybridized carbons (Fsp3) is 0.600. The van der Waals surface area contributed by atoms with Crippen molar-refractivity contribution in [1.29, 1.82) is 0 Å². The first-order chi connectivity index (χ1) is 8.18. The molecule has 1 aromatic rings. The van der Waals surface area contributed by atoms with Crippen molar-refractivity contribution in [3.8, 4) is 0 Å². The van der Waals surface area contributed by atoms with Crippen LogP contribution in [0.1, 0.15) is 44.1 Å². The van der Waals surface area contributed by atoms with Crippen LogP contribution in [-0.4, -0.2) is 11.7 Å². The van der Waals surface area contributed by atoms with E-state index < -0.39 is 0 Å². The minimum absolute atomic E-state index is 0.272. The maximum absolute atomic E-state index is 9.56. The van der Waals surface area contributed by atoms with E-state index in [1.807, 2.05) is 0 Å². The molecular formula is C15H19BrO. The lowest BCUT2D eigenvalue weighted by atomic mass is 9.52. The number of halogens is 1. The first-order valence-electron chi connectivity index (χ1n) is 6.55. The molecule has 3 saturated carbocycles. The Morgan fingerprint density at radius 3 is 2.24 bits per heavy atom. The lowest BCUT2D eigenvalue weighted by molar-refractivity contribution is -0.00689. The highest BCUT2D eigenvalue weighted by atomic mass is 79.9. The van der Waals surface area contributed by atoms with Gasteiger partial charge in [0.15, 0.2) is 0 Å². The van der Waals surface area contributed by atoms with Crippen LogP contribution in [-0.2, 0) is 5.41 Å². The van der Waals surface area contributed by atoms with Gasteiger partial charge in [0.2, 0.25) is 0 Å². The Bertz CT molecular complexity index is 402. The summed E-state index contributed by atoms with van der Waals surface area (Å²) in [4.78, 5) is 0. The molecule has 3 aliphatic rings. The molecule has 0 heterocycles. The van der Waals surface area contributed by atoms with E-state index >= 15 is 0 Å². The van der Waals surface area contributed by atoms with Crippen molar-refractivity contribution in [2.24, 2.45) is 5.41 Å². The predicted octanol–water partition coefficient (Wildman–Crippen LogP) is 4.03. The molecule has 0 spiro atoms. The Balaban J connectivity index is 1.90. The third-order valence-electron chi connectivity index (χ3n) is 5.17. The fourth-order valence-corrected chi connectivity index (χ4v) is 4.15. The van der Waals surface area contributed by atoms with Crippen molar-refractivity contribution in [2.75, 3.05) is 6.61 Å². The summed E-state index contributed by atoms with van der Waals surface area (Å²) < 4.78 is 1.19. The molecular weight excluding hydrogens is 276 g/mol. The van der Waals surface area contributed by atoms with E-state index in [4.69, 9.17) is 0 Å². The molecule has 0 saturated heterocycles. The highest BCUT2D eigenvalue weighted by molar-refractivity contribution is 9.10. The molecule has 4 rings (SSSR count). The second kappa shape index (κ2) is 4.10. The number of hydrogen-bond acceptors (Lipinski definition) is 1. The van der Waals surface area contributed by atoms with Crippen molar-refractivity contribution in [1.82, 2.24) is 0 Å². The van der Waals surface area contributed by atoms with Crippen LogP contribution in [0, 0.1) is 5.41 Å². The summed E-state index contributed by atoms with van der Waals surface area (Å²) in [6.45, 7) is 0.390. The third kappa shape index (κ3) is 1.86. The van der Waals surface area contributed by atoms with Gasteiger partial charge in [-0.05, 0) is 67.1 Å². The third-order valence-corrected chi connectivity index (χ3v) is 5.67. The zero-order valence-electron chi connectivity index (χ0n) is 10.1. The van der Waals surface area contributed by atoms with E-state index in [-0.39, 0.29) is 5.41 Å². The minimum Gasteiger partial charge on any atom is -0.396 e. The van der Waals surface area contributed by atoms with E-state index in [1.165, 1.54) is 48.6 Å². The Kier molecular flexibility index (Phi) is 2.83. The van der Waals surface area contributed by atoms with Crippen LogP contribution in [0.4, 0.5) is 0 Å². The van der Waals surface area contributed by atoms with E-state index in [2.05, 4.69) is 40.2 Å². The van der Waals surface area contributed by atoms with Gasteiger partial charge in [-0.15, -0.1) is 0 Å². The van der Waals surface area contributed by atoms with E-state index in [0.717, 1.165) is 0 Å². The maximum Gasteiger partial charge on any atom is 0.0487 e. The smallest absolute Gasteiger partial charge is 0.0487 e. The molecule has 1 nitrogen and oxygen atoms in total. The first-order valence-corrected chi connectivity index (χ1v) is 7.34. The zero-order valence-corrected chi connectivity index (χ0v) is 11.7. The SMILES string of the molecule is OCC12CCC(c3cccc(Br)c3)(CC1)CC2.